The Labute approximate surface area is 238 Å². The van der Waals surface area contributed by atoms with E-state index in [0.717, 1.165) is 54.8 Å². The molecule has 0 saturated heterocycles. The van der Waals surface area contributed by atoms with Crippen LogP contribution in [0.4, 0.5) is 0 Å². The molecule has 0 aliphatic heterocycles. The van der Waals surface area contributed by atoms with Crippen molar-refractivity contribution in [3.05, 3.63) is 24.3 Å². The van der Waals surface area contributed by atoms with Crippen LogP contribution in [0.25, 0.3) is 0 Å². The van der Waals surface area contributed by atoms with Crippen molar-refractivity contribution in [2.45, 2.75) is 131 Å². The molecule has 39 heavy (non-hydrogen) atoms. The monoisotopic (exact) mass is 540 g/mol. The minimum absolute atomic E-state index is 0.0170. The molecule has 0 radical (unpaired) electrons. The van der Waals surface area contributed by atoms with Crippen molar-refractivity contribution in [2.75, 3.05) is 6.61 Å². The summed E-state index contributed by atoms with van der Waals surface area (Å²) < 4.78 is 10.9. The molecule has 0 unspecified atom stereocenters. The van der Waals surface area contributed by atoms with Gasteiger partial charge in [-0.25, -0.2) is 4.79 Å². The van der Waals surface area contributed by atoms with Crippen LogP contribution in [0, 0.1) is 46.3 Å². The summed E-state index contributed by atoms with van der Waals surface area (Å²) in [5.41, 5.74) is 2.38. The molecule has 0 spiro atoms. The predicted molar refractivity (Wildman–Crippen MR) is 158 cm³/mol. The van der Waals surface area contributed by atoms with Crippen molar-refractivity contribution >= 4 is 11.9 Å². The molecule has 0 aromatic rings. The molecule has 0 aromatic heterocycles. The first-order chi connectivity index (χ1) is 18.6. The lowest BCUT2D eigenvalue weighted by atomic mass is 9.47. The van der Waals surface area contributed by atoms with Crippen LogP contribution in [-0.4, -0.2) is 24.6 Å². The van der Waals surface area contributed by atoms with Gasteiger partial charge in [-0.1, -0.05) is 72.1 Å². The van der Waals surface area contributed by atoms with Crippen LogP contribution in [0.2, 0.25) is 0 Å². The van der Waals surface area contributed by atoms with Crippen molar-refractivity contribution in [3.63, 3.8) is 0 Å². The van der Waals surface area contributed by atoms with E-state index in [1.165, 1.54) is 57.4 Å². The summed E-state index contributed by atoms with van der Waals surface area (Å²) in [4.78, 5) is 23.6. The Bertz CT molecular complexity index is 904. The second-order valence-corrected chi connectivity index (χ2v) is 14.5. The number of ether oxygens (including phenoxy) is 2. The number of hydrogen-bond acceptors (Lipinski definition) is 4. The maximum atomic E-state index is 12.5. The molecule has 4 nitrogen and oxygen atoms in total. The van der Waals surface area contributed by atoms with Gasteiger partial charge in [-0.3, -0.25) is 4.79 Å². The number of hydrogen-bond donors (Lipinski definition) is 0. The maximum Gasteiger partial charge on any atom is 0.330 e. The van der Waals surface area contributed by atoms with Gasteiger partial charge >= 0.3 is 11.9 Å². The summed E-state index contributed by atoms with van der Waals surface area (Å²) >= 11 is 0. The molecular weight excluding hydrogens is 484 g/mol. The van der Waals surface area contributed by atoms with Gasteiger partial charge in [0.2, 0.25) is 0 Å². The maximum absolute atomic E-state index is 12.5. The van der Waals surface area contributed by atoms with Gasteiger partial charge in [0, 0.05) is 18.9 Å². The van der Waals surface area contributed by atoms with Crippen LogP contribution in [0.3, 0.4) is 0 Å². The van der Waals surface area contributed by atoms with Crippen LogP contribution >= 0.6 is 0 Å². The smallest absolute Gasteiger partial charge is 0.330 e. The average molecular weight is 541 g/mol. The predicted octanol–water partition coefficient (Wildman–Crippen LogP) is 8.84. The summed E-state index contributed by atoms with van der Waals surface area (Å²) in [5, 5.41) is 0. The Hall–Kier alpha value is -1.58. The highest BCUT2D eigenvalue weighted by molar-refractivity contribution is 5.81. The lowest BCUT2D eigenvalue weighted by Crippen LogP contribution is -2.51. The lowest BCUT2D eigenvalue weighted by molar-refractivity contribution is -0.151. The van der Waals surface area contributed by atoms with Gasteiger partial charge in [0.15, 0.2) is 0 Å². The first-order valence-corrected chi connectivity index (χ1v) is 16.3. The fourth-order valence-electron chi connectivity index (χ4n) is 9.60. The SMILES string of the molecule is C=CC(=O)OCCCCC(=O)O[C@H]1CC[C@@]2(C)C(=CC[C@H]3[C@@H]4CC[C@H]([C@H](C)CCCC(C)C)[C@@]4(C)CC[C@@H]32)C1. The zero-order chi connectivity index (χ0) is 28.2. The van der Waals surface area contributed by atoms with Gasteiger partial charge in [0.1, 0.15) is 6.10 Å². The molecule has 4 rings (SSSR count). The molecule has 8 atom stereocenters. The van der Waals surface area contributed by atoms with E-state index in [-0.39, 0.29) is 17.5 Å². The third-order valence-corrected chi connectivity index (χ3v) is 11.7. The molecular formula is C35H56O4. The van der Waals surface area contributed by atoms with E-state index in [1.807, 2.05) is 0 Å². The highest BCUT2D eigenvalue weighted by Crippen LogP contribution is 2.67. The van der Waals surface area contributed by atoms with E-state index in [0.29, 0.717) is 31.3 Å². The first kappa shape index (κ1) is 30.4. The molecule has 3 fully saturated rings. The number of esters is 2. The number of unbranched alkanes of at least 4 members (excludes halogenated alkanes) is 1. The van der Waals surface area contributed by atoms with Gasteiger partial charge < -0.3 is 9.47 Å². The van der Waals surface area contributed by atoms with E-state index in [9.17, 15) is 9.59 Å². The quantitative estimate of drug-likeness (QED) is 0.107. The molecule has 3 saturated carbocycles. The molecule has 0 N–H and O–H groups in total. The number of fused-ring (bicyclic) bond motifs is 5. The molecule has 4 aliphatic rings. The van der Waals surface area contributed by atoms with Crippen molar-refractivity contribution in [1.82, 2.24) is 0 Å². The molecule has 0 aromatic carbocycles. The van der Waals surface area contributed by atoms with Crippen LogP contribution in [0.5, 0.6) is 0 Å². The fraction of sp³-hybridized carbons (Fsp3) is 0.829. The van der Waals surface area contributed by atoms with Crippen molar-refractivity contribution in [3.8, 4) is 0 Å². The Kier molecular flexibility index (Phi) is 10.1. The molecule has 220 valence electrons. The van der Waals surface area contributed by atoms with Crippen molar-refractivity contribution in [2.24, 2.45) is 46.3 Å². The van der Waals surface area contributed by atoms with Gasteiger partial charge in [-0.15, -0.1) is 0 Å². The summed E-state index contributed by atoms with van der Waals surface area (Å²) in [7, 11) is 0. The summed E-state index contributed by atoms with van der Waals surface area (Å²) in [6.07, 6.45) is 19.6. The minimum atomic E-state index is -0.409. The molecule has 0 bridgehead atoms. The third kappa shape index (κ3) is 6.67. The van der Waals surface area contributed by atoms with Crippen LogP contribution < -0.4 is 0 Å². The summed E-state index contributed by atoms with van der Waals surface area (Å²) in [5.74, 6) is 4.56. The molecule has 0 amide bonds. The van der Waals surface area contributed by atoms with Crippen LogP contribution in [0.1, 0.15) is 125 Å². The van der Waals surface area contributed by atoms with E-state index in [2.05, 4.69) is 47.3 Å². The zero-order valence-corrected chi connectivity index (χ0v) is 25.6. The second kappa shape index (κ2) is 12.9. The van der Waals surface area contributed by atoms with E-state index in [4.69, 9.17) is 9.47 Å². The summed E-state index contributed by atoms with van der Waals surface area (Å²) in [6, 6.07) is 0. The van der Waals surface area contributed by atoms with E-state index >= 15 is 0 Å². The largest absolute Gasteiger partial charge is 0.463 e. The van der Waals surface area contributed by atoms with Crippen molar-refractivity contribution in [1.29, 1.82) is 0 Å². The highest BCUT2D eigenvalue weighted by atomic mass is 16.5. The number of carbonyl (C=O) groups is 2. The van der Waals surface area contributed by atoms with Gasteiger partial charge in [-0.05, 0) is 104 Å². The Balaban J connectivity index is 1.30. The standard InChI is InChI=1S/C35H56O4/c1-7-32(36)38-22-9-8-13-33(37)39-27-18-20-34(5)26(23-27)14-15-28-30-17-16-29(25(4)12-10-11-24(2)3)35(30,6)21-19-31(28)34/h7,14,24-25,27-31H,1,8-13,15-23H2,2-6H3/t25-,27+,28+,29-,30+,31+,34+,35-/m1/s1. The van der Waals surface area contributed by atoms with Gasteiger partial charge in [0.05, 0.1) is 6.61 Å². The Morgan fingerprint density at radius 3 is 2.56 bits per heavy atom. The topological polar surface area (TPSA) is 52.6 Å². The Morgan fingerprint density at radius 2 is 1.82 bits per heavy atom. The van der Waals surface area contributed by atoms with Crippen LogP contribution in [0.15, 0.2) is 24.3 Å². The van der Waals surface area contributed by atoms with Crippen LogP contribution in [-0.2, 0) is 19.1 Å². The Morgan fingerprint density at radius 1 is 1.03 bits per heavy atom. The van der Waals surface area contributed by atoms with Gasteiger partial charge in [0.25, 0.3) is 0 Å². The normalized spacial score (nSPS) is 36.3. The van der Waals surface area contributed by atoms with Crippen molar-refractivity contribution < 1.29 is 19.1 Å². The molecule has 4 heteroatoms. The minimum Gasteiger partial charge on any atom is -0.463 e. The highest BCUT2D eigenvalue weighted by Gasteiger charge is 2.59. The zero-order valence-electron chi connectivity index (χ0n) is 25.6. The van der Waals surface area contributed by atoms with E-state index < -0.39 is 5.97 Å². The van der Waals surface area contributed by atoms with E-state index in [1.54, 1.807) is 5.57 Å². The average Bonchev–Trinajstić information content (AvgIpc) is 3.25. The first-order valence-electron chi connectivity index (χ1n) is 16.3. The number of carbonyl (C=O) groups excluding carboxylic acids is 2. The lowest BCUT2D eigenvalue weighted by Gasteiger charge is -2.58. The summed E-state index contributed by atoms with van der Waals surface area (Å²) in [6.45, 7) is 16.2. The number of rotatable bonds is 12. The molecule has 0 heterocycles. The second-order valence-electron chi connectivity index (χ2n) is 14.5. The fourth-order valence-corrected chi connectivity index (χ4v) is 9.60. The molecule has 4 aliphatic carbocycles. The number of allylic oxidation sites excluding steroid dienone is 1. The third-order valence-electron chi connectivity index (χ3n) is 11.7. The van der Waals surface area contributed by atoms with Gasteiger partial charge in [-0.2, -0.15) is 0 Å².